The zero-order chi connectivity index (χ0) is 21.2. The lowest BCUT2D eigenvalue weighted by molar-refractivity contribution is -0.385. The Labute approximate surface area is 167 Å². The fourth-order valence-corrected chi connectivity index (χ4v) is 4.90. The smallest absolute Gasteiger partial charge is 0.270 e. The predicted octanol–water partition coefficient (Wildman–Crippen LogP) is 2.32. The molecule has 11 heteroatoms. The highest BCUT2D eigenvalue weighted by Crippen LogP contribution is 2.26. The van der Waals surface area contributed by atoms with Gasteiger partial charge in [0.1, 0.15) is 0 Å². The second-order valence-electron chi connectivity index (χ2n) is 6.81. The molecule has 3 rings (SSSR count). The van der Waals surface area contributed by atoms with Gasteiger partial charge in [0.05, 0.1) is 14.7 Å². The maximum Gasteiger partial charge on any atom is 0.270 e. The number of benzene rings is 2. The Morgan fingerprint density at radius 2 is 1.45 bits per heavy atom. The summed E-state index contributed by atoms with van der Waals surface area (Å²) in [6.45, 7) is 3.67. The number of nitrogens with zero attached hydrogens (tertiary/aromatic N) is 4. The molecule has 0 unspecified atom stereocenters. The molecule has 0 aromatic heterocycles. The van der Waals surface area contributed by atoms with Crippen LogP contribution < -0.4 is 0 Å². The predicted molar refractivity (Wildman–Crippen MR) is 105 cm³/mol. The summed E-state index contributed by atoms with van der Waals surface area (Å²) in [6.07, 6.45) is 0. The number of aryl methyl sites for hydroxylation is 1. The number of non-ortho nitro benzene ring substituents is 2. The fourth-order valence-electron chi connectivity index (χ4n) is 3.23. The lowest BCUT2D eigenvalue weighted by atomic mass is 10.2. The van der Waals surface area contributed by atoms with Crippen molar-refractivity contribution in [1.82, 2.24) is 9.21 Å². The normalized spacial score (nSPS) is 15.9. The lowest BCUT2D eigenvalue weighted by Crippen LogP contribution is -2.48. The molecular formula is C18H20N4O6S. The molecule has 1 aliphatic heterocycles. The SMILES string of the molecule is Cc1ccc([N+](=O)[O-])cc1S(=O)(=O)N1CCN(Cc2ccc([N+](=O)[O-])cc2)CC1. The maximum absolute atomic E-state index is 13.0. The van der Waals surface area contributed by atoms with E-state index >= 15 is 0 Å². The van der Waals surface area contributed by atoms with Crippen molar-refractivity contribution in [2.24, 2.45) is 0 Å². The van der Waals surface area contributed by atoms with Crippen molar-refractivity contribution in [3.05, 3.63) is 73.8 Å². The fraction of sp³-hybridized carbons (Fsp3) is 0.333. The van der Waals surface area contributed by atoms with Crippen LogP contribution in [0.1, 0.15) is 11.1 Å². The third kappa shape index (κ3) is 4.58. The van der Waals surface area contributed by atoms with E-state index in [1.807, 2.05) is 0 Å². The summed E-state index contributed by atoms with van der Waals surface area (Å²) in [5.41, 5.74) is 1.13. The summed E-state index contributed by atoms with van der Waals surface area (Å²) in [4.78, 5) is 22.7. The lowest BCUT2D eigenvalue weighted by Gasteiger charge is -2.34. The van der Waals surface area contributed by atoms with Crippen LogP contribution in [0.25, 0.3) is 0 Å². The molecule has 0 saturated carbocycles. The number of piperazine rings is 1. The molecule has 0 aliphatic carbocycles. The molecular weight excluding hydrogens is 400 g/mol. The third-order valence-electron chi connectivity index (χ3n) is 4.88. The van der Waals surface area contributed by atoms with Crippen LogP contribution in [0.2, 0.25) is 0 Å². The van der Waals surface area contributed by atoms with Gasteiger partial charge in [0, 0.05) is 57.0 Å². The van der Waals surface area contributed by atoms with Crippen molar-refractivity contribution in [3.63, 3.8) is 0 Å². The van der Waals surface area contributed by atoms with Gasteiger partial charge < -0.3 is 0 Å². The van der Waals surface area contributed by atoms with E-state index in [0.29, 0.717) is 25.2 Å². The first kappa shape index (κ1) is 20.8. The number of rotatable bonds is 6. The molecule has 29 heavy (non-hydrogen) atoms. The largest absolute Gasteiger partial charge is 0.296 e. The molecule has 2 aromatic carbocycles. The van der Waals surface area contributed by atoms with Gasteiger partial charge in [-0.2, -0.15) is 4.31 Å². The monoisotopic (exact) mass is 420 g/mol. The van der Waals surface area contributed by atoms with Gasteiger partial charge >= 0.3 is 0 Å². The maximum atomic E-state index is 13.0. The van der Waals surface area contributed by atoms with Crippen molar-refractivity contribution in [2.75, 3.05) is 26.2 Å². The Bertz CT molecular complexity index is 1030. The molecule has 2 aromatic rings. The summed E-state index contributed by atoms with van der Waals surface area (Å²) < 4.78 is 27.3. The molecule has 1 aliphatic rings. The van der Waals surface area contributed by atoms with E-state index in [2.05, 4.69) is 4.90 Å². The zero-order valence-corrected chi connectivity index (χ0v) is 16.5. The van der Waals surface area contributed by atoms with E-state index in [0.717, 1.165) is 11.6 Å². The van der Waals surface area contributed by atoms with Crippen molar-refractivity contribution in [1.29, 1.82) is 0 Å². The molecule has 10 nitrogen and oxygen atoms in total. The van der Waals surface area contributed by atoms with Crippen LogP contribution in [-0.4, -0.2) is 53.6 Å². The van der Waals surface area contributed by atoms with Crippen molar-refractivity contribution < 1.29 is 18.3 Å². The van der Waals surface area contributed by atoms with Crippen LogP contribution in [0, 0.1) is 27.2 Å². The average Bonchev–Trinajstić information content (AvgIpc) is 2.69. The van der Waals surface area contributed by atoms with Gasteiger partial charge in [-0.25, -0.2) is 8.42 Å². The molecule has 0 amide bonds. The molecule has 1 saturated heterocycles. The van der Waals surface area contributed by atoms with Crippen LogP contribution >= 0.6 is 0 Å². The summed E-state index contributed by atoms with van der Waals surface area (Å²) in [6, 6.07) is 10.1. The van der Waals surface area contributed by atoms with Gasteiger partial charge in [-0.3, -0.25) is 25.1 Å². The standard InChI is InChI=1S/C18H20N4O6S/c1-14-2-5-17(22(25)26)12-18(14)29(27,28)20-10-8-19(9-11-20)13-15-3-6-16(7-4-15)21(23)24/h2-7,12H,8-11,13H2,1H3. The van der Waals surface area contributed by atoms with Gasteiger partial charge in [0.25, 0.3) is 11.4 Å². The zero-order valence-electron chi connectivity index (χ0n) is 15.7. The molecule has 0 bridgehead atoms. The van der Waals surface area contributed by atoms with Gasteiger partial charge in [-0.15, -0.1) is 0 Å². The second-order valence-corrected chi connectivity index (χ2v) is 8.72. The van der Waals surface area contributed by atoms with Crippen LogP contribution in [0.4, 0.5) is 11.4 Å². The second kappa shape index (κ2) is 8.23. The van der Waals surface area contributed by atoms with Gasteiger partial charge in [0.2, 0.25) is 10.0 Å². The van der Waals surface area contributed by atoms with Crippen molar-refractivity contribution >= 4 is 21.4 Å². The van der Waals surface area contributed by atoms with Crippen LogP contribution in [0.15, 0.2) is 47.4 Å². The van der Waals surface area contributed by atoms with Gasteiger partial charge in [0.15, 0.2) is 0 Å². The highest BCUT2D eigenvalue weighted by atomic mass is 32.2. The number of sulfonamides is 1. The first-order chi connectivity index (χ1) is 13.7. The van der Waals surface area contributed by atoms with Crippen LogP contribution in [0.3, 0.4) is 0 Å². The Balaban J connectivity index is 1.67. The summed E-state index contributed by atoms with van der Waals surface area (Å²) in [5.74, 6) is 0. The quantitative estimate of drug-likeness (QED) is 0.518. The van der Waals surface area contributed by atoms with Crippen molar-refractivity contribution in [3.8, 4) is 0 Å². The summed E-state index contributed by atoms with van der Waals surface area (Å²) in [7, 11) is -3.83. The molecule has 1 heterocycles. The van der Waals surface area contributed by atoms with E-state index in [-0.39, 0.29) is 29.4 Å². The van der Waals surface area contributed by atoms with Crippen molar-refractivity contribution in [2.45, 2.75) is 18.4 Å². The van der Waals surface area contributed by atoms with E-state index < -0.39 is 19.9 Å². The molecule has 1 fully saturated rings. The minimum atomic E-state index is -3.83. The summed E-state index contributed by atoms with van der Waals surface area (Å²) >= 11 is 0. The molecule has 0 N–H and O–H groups in total. The highest BCUT2D eigenvalue weighted by Gasteiger charge is 2.30. The minimum Gasteiger partial charge on any atom is -0.296 e. The summed E-state index contributed by atoms with van der Waals surface area (Å²) in [5, 5.41) is 21.7. The van der Waals surface area contributed by atoms with E-state index in [1.165, 1.54) is 28.6 Å². The van der Waals surface area contributed by atoms with E-state index in [9.17, 15) is 28.6 Å². The first-order valence-electron chi connectivity index (χ1n) is 8.89. The number of nitro groups is 2. The number of nitro benzene ring substituents is 2. The van der Waals surface area contributed by atoms with Crippen LogP contribution in [-0.2, 0) is 16.6 Å². The highest BCUT2D eigenvalue weighted by molar-refractivity contribution is 7.89. The third-order valence-corrected chi connectivity index (χ3v) is 6.93. The molecule has 154 valence electrons. The average molecular weight is 420 g/mol. The van der Waals surface area contributed by atoms with E-state index in [4.69, 9.17) is 0 Å². The van der Waals surface area contributed by atoms with Gasteiger partial charge in [-0.1, -0.05) is 18.2 Å². The van der Waals surface area contributed by atoms with Crippen LogP contribution in [0.5, 0.6) is 0 Å². The Hall–Kier alpha value is -2.89. The molecule has 0 atom stereocenters. The number of hydrogen-bond donors (Lipinski definition) is 0. The first-order valence-corrected chi connectivity index (χ1v) is 10.3. The Morgan fingerprint density at radius 1 is 0.897 bits per heavy atom. The number of hydrogen-bond acceptors (Lipinski definition) is 7. The molecule has 0 spiro atoms. The Morgan fingerprint density at radius 3 is 2.00 bits per heavy atom. The molecule has 0 radical (unpaired) electrons. The van der Waals surface area contributed by atoms with Gasteiger partial charge in [-0.05, 0) is 18.1 Å². The topological polar surface area (TPSA) is 127 Å². The van der Waals surface area contributed by atoms with E-state index in [1.54, 1.807) is 19.1 Å². The minimum absolute atomic E-state index is 0.0250. The Kier molecular flexibility index (Phi) is 5.91.